The van der Waals surface area contributed by atoms with Crippen molar-refractivity contribution >= 4 is 11.9 Å². The Bertz CT molecular complexity index is 1100. The molecule has 362 valence electrons. The number of rotatable bonds is 46. The summed E-state index contributed by atoms with van der Waals surface area (Å²) in [4.78, 5) is 31.9. The number of unbranched alkanes of at least 4 members (excludes halogenated alkanes) is 24. The van der Waals surface area contributed by atoms with Crippen molar-refractivity contribution < 1.29 is 28.5 Å². The van der Waals surface area contributed by atoms with E-state index in [0.29, 0.717) is 25.5 Å². The molecule has 0 saturated carbocycles. The third-order valence-corrected chi connectivity index (χ3v) is 12.8. The topological polar surface area (TPSA) is 92.1 Å². The maximum absolute atomic E-state index is 12.8. The average Bonchev–Trinajstić information content (AvgIpc) is 3.94. The summed E-state index contributed by atoms with van der Waals surface area (Å²) >= 11 is 0. The summed E-state index contributed by atoms with van der Waals surface area (Å²) in [5, 5.41) is 0. The van der Waals surface area contributed by atoms with Crippen molar-refractivity contribution in [2.75, 3.05) is 39.5 Å². The number of hydrogen-bond donors (Lipinski definition) is 0. The van der Waals surface area contributed by atoms with Gasteiger partial charge in [-0.3, -0.25) is 14.5 Å². The number of imidazole rings is 1. The fourth-order valence-corrected chi connectivity index (χ4v) is 8.89. The van der Waals surface area contributed by atoms with E-state index in [1.807, 2.05) is 18.7 Å². The number of ether oxygens (including phenoxy) is 4. The van der Waals surface area contributed by atoms with Crippen molar-refractivity contribution in [2.24, 2.45) is 0 Å². The third kappa shape index (κ3) is 32.7. The van der Waals surface area contributed by atoms with Crippen molar-refractivity contribution in [3.8, 4) is 0 Å². The van der Waals surface area contributed by atoms with Crippen LogP contribution in [0.3, 0.4) is 0 Å². The average molecular weight is 874 g/mol. The Morgan fingerprint density at radius 2 is 1.11 bits per heavy atom. The van der Waals surface area contributed by atoms with Crippen LogP contribution in [0, 0.1) is 0 Å². The van der Waals surface area contributed by atoms with Crippen molar-refractivity contribution in [2.45, 2.75) is 270 Å². The molecule has 0 aliphatic carbocycles. The fourth-order valence-electron chi connectivity index (χ4n) is 8.89. The van der Waals surface area contributed by atoms with Gasteiger partial charge in [-0.25, -0.2) is 4.98 Å². The van der Waals surface area contributed by atoms with Crippen molar-refractivity contribution in [1.29, 1.82) is 0 Å². The Balaban J connectivity index is 1.60. The lowest BCUT2D eigenvalue weighted by Gasteiger charge is -2.24. The predicted molar refractivity (Wildman–Crippen MR) is 258 cm³/mol. The number of esters is 2. The number of carbonyl (C=O) groups excluding carboxylic acids is 2. The number of aryl methyl sites for hydroxylation is 1. The van der Waals surface area contributed by atoms with E-state index in [-0.39, 0.29) is 24.1 Å². The van der Waals surface area contributed by atoms with Gasteiger partial charge in [0.15, 0.2) is 0 Å². The summed E-state index contributed by atoms with van der Waals surface area (Å²) < 4.78 is 26.4. The molecule has 0 N–H and O–H groups in total. The molecule has 0 aromatic carbocycles. The van der Waals surface area contributed by atoms with Crippen LogP contribution in [-0.4, -0.2) is 84.2 Å². The van der Waals surface area contributed by atoms with Gasteiger partial charge < -0.3 is 23.5 Å². The van der Waals surface area contributed by atoms with E-state index in [0.717, 1.165) is 129 Å². The minimum Gasteiger partial charge on any atom is -0.466 e. The van der Waals surface area contributed by atoms with E-state index in [1.54, 1.807) is 0 Å². The Labute approximate surface area is 382 Å². The van der Waals surface area contributed by atoms with Crippen LogP contribution < -0.4 is 0 Å². The first-order valence-electron chi connectivity index (χ1n) is 26.8. The van der Waals surface area contributed by atoms with Gasteiger partial charge >= 0.3 is 11.9 Å². The van der Waals surface area contributed by atoms with Gasteiger partial charge in [-0.2, -0.15) is 0 Å². The van der Waals surface area contributed by atoms with Crippen LogP contribution in [-0.2, 0) is 35.1 Å². The lowest BCUT2D eigenvalue weighted by Crippen LogP contribution is -2.34. The second kappa shape index (κ2) is 41.7. The molecule has 1 aliphatic heterocycles. The lowest BCUT2D eigenvalue weighted by molar-refractivity contribution is -0.150. The minimum atomic E-state index is -0.0370. The molecule has 2 heterocycles. The van der Waals surface area contributed by atoms with Crippen LogP contribution in [0.4, 0.5) is 0 Å². The van der Waals surface area contributed by atoms with Gasteiger partial charge in [-0.15, -0.1) is 0 Å². The third-order valence-electron chi connectivity index (χ3n) is 12.8. The van der Waals surface area contributed by atoms with Gasteiger partial charge in [-0.05, 0) is 77.2 Å². The quantitative estimate of drug-likeness (QED) is 0.0472. The summed E-state index contributed by atoms with van der Waals surface area (Å²) in [6.07, 6.45) is 46.3. The molecular weight excluding hydrogens is 775 g/mol. The Morgan fingerprint density at radius 3 is 1.71 bits per heavy atom. The largest absolute Gasteiger partial charge is 0.466 e. The van der Waals surface area contributed by atoms with Crippen molar-refractivity contribution in [3.63, 3.8) is 0 Å². The van der Waals surface area contributed by atoms with Gasteiger partial charge in [0.2, 0.25) is 0 Å². The molecule has 1 aromatic heterocycles. The monoisotopic (exact) mass is 874 g/mol. The summed E-state index contributed by atoms with van der Waals surface area (Å²) in [6.45, 7) is 12.5. The number of carbonyl (C=O) groups is 2. The highest BCUT2D eigenvalue weighted by Gasteiger charge is 2.32. The summed E-state index contributed by atoms with van der Waals surface area (Å²) in [7, 11) is 0. The standard InChI is InChI=1S/C53H99N3O6/c1-4-7-10-13-16-17-18-24-32-43-61-52(57)36-29-25-30-40-56-46-51(60-44-33-39-55-41-38-54-48-55)45-49(56)47-59-42-31-23-19-22-28-37-53(58)62-50(34-26-20-14-11-8-5-2)35-27-21-15-12-9-6-3/h38,41,48-51H,4-37,39-40,42-47H2,1-3H3. The molecule has 9 heteroatoms. The second-order valence-corrected chi connectivity index (χ2v) is 18.7. The molecule has 9 nitrogen and oxygen atoms in total. The van der Waals surface area contributed by atoms with Crippen molar-refractivity contribution in [3.05, 3.63) is 18.7 Å². The van der Waals surface area contributed by atoms with Crippen LogP contribution in [0.25, 0.3) is 0 Å². The van der Waals surface area contributed by atoms with Gasteiger partial charge in [0.25, 0.3) is 0 Å². The molecule has 2 rings (SSSR count). The first-order valence-corrected chi connectivity index (χ1v) is 26.8. The molecular formula is C53H99N3O6. The van der Waals surface area contributed by atoms with E-state index in [1.165, 1.54) is 122 Å². The molecule has 0 bridgehead atoms. The Morgan fingerprint density at radius 1 is 0.581 bits per heavy atom. The van der Waals surface area contributed by atoms with Gasteiger partial charge in [-0.1, -0.05) is 162 Å². The molecule has 1 fully saturated rings. The molecule has 1 saturated heterocycles. The zero-order valence-electron chi connectivity index (χ0n) is 41.0. The number of nitrogens with zero attached hydrogens (tertiary/aromatic N) is 3. The van der Waals surface area contributed by atoms with E-state index in [2.05, 4.69) is 35.2 Å². The lowest BCUT2D eigenvalue weighted by atomic mass is 10.0. The van der Waals surface area contributed by atoms with Crippen molar-refractivity contribution in [1.82, 2.24) is 14.5 Å². The number of likely N-dealkylation sites (tertiary alicyclic amines) is 1. The maximum atomic E-state index is 12.8. The van der Waals surface area contributed by atoms with Crippen LogP contribution in [0.5, 0.6) is 0 Å². The van der Waals surface area contributed by atoms with E-state index >= 15 is 0 Å². The van der Waals surface area contributed by atoms with Crippen LogP contribution in [0.2, 0.25) is 0 Å². The molecule has 0 radical (unpaired) electrons. The van der Waals surface area contributed by atoms with Crippen LogP contribution >= 0.6 is 0 Å². The van der Waals surface area contributed by atoms with E-state index in [4.69, 9.17) is 18.9 Å². The first-order chi connectivity index (χ1) is 30.5. The molecule has 0 spiro atoms. The zero-order valence-corrected chi connectivity index (χ0v) is 41.0. The molecule has 0 amide bonds. The highest BCUT2D eigenvalue weighted by Crippen LogP contribution is 2.23. The first kappa shape index (κ1) is 56.2. The Kier molecular flexibility index (Phi) is 37.8. The van der Waals surface area contributed by atoms with Gasteiger partial charge in [0.05, 0.1) is 25.6 Å². The normalized spacial score (nSPS) is 15.5. The highest BCUT2D eigenvalue weighted by molar-refractivity contribution is 5.69. The van der Waals surface area contributed by atoms with E-state index < -0.39 is 0 Å². The van der Waals surface area contributed by atoms with E-state index in [9.17, 15) is 9.59 Å². The summed E-state index contributed by atoms with van der Waals surface area (Å²) in [6, 6.07) is 0.368. The van der Waals surface area contributed by atoms with Crippen LogP contribution in [0.15, 0.2) is 18.7 Å². The number of hydrogen-bond acceptors (Lipinski definition) is 8. The molecule has 2 unspecified atom stereocenters. The zero-order chi connectivity index (χ0) is 44.4. The summed E-state index contributed by atoms with van der Waals surface area (Å²) in [5.74, 6) is -0.0241. The smallest absolute Gasteiger partial charge is 0.306 e. The predicted octanol–water partition coefficient (Wildman–Crippen LogP) is 14.1. The Hall–Kier alpha value is -1.97. The fraction of sp³-hybridized carbons (Fsp3) is 0.906. The van der Waals surface area contributed by atoms with Crippen LogP contribution in [0.1, 0.15) is 245 Å². The molecule has 2 atom stereocenters. The summed E-state index contributed by atoms with van der Waals surface area (Å²) in [5.41, 5.74) is 0. The molecule has 1 aliphatic rings. The van der Waals surface area contributed by atoms with Gasteiger partial charge in [0.1, 0.15) is 6.10 Å². The maximum Gasteiger partial charge on any atom is 0.306 e. The second-order valence-electron chi connectivity index (χ2n) is 18.7. The SMILES string of the molecule is CCCCCCCCCCCOC(=O)CCCCCN1CC(OCCCn2ccnc2)CC1COCCCCCCCC(=O)OC(CCCCCCCC)CCCCCCCC. The van der Waals surface area contributed by atoms with Gasteiger partial charge in [0, 0.05) is 57.6 Å². The number of aromatic nitrogens is 2. The molecule has 62 heavy (non-hydrogen) atoms. The minimum absolute atomic E-state index is 0.0130. The highest BCUT2D eigenvalue weighted by atomic mass is 16.5. The molecule has 1 aromatic rings.